The maximum atomic E-state index is 11.4. The van der Waals surface area contributed by atoms with Gasteiger partial charge in [-0.15, -0.1) is 0 Å². The molecule has 1 atom stereocenters. The molecule has 0 saturated carbocycles. The summed E-state index contributed by atoms with van der Waals surface area (Å²) >= 11 is 1.65. The number of amides is 1. The minimum Gasteiger partial charge on any atom is -0.378 e. The lowest BCUT2D eigenvalue weighted by molar-refractivity contribution is 0.0250. The van der Waals surface area contributed by atoms with Crippen molar-refractivity contribution in [3.8, 4) is 0 Å². The molecule has 3 heterocycles. The number of hydrogen-bond donors (Lipinski definition) is 0. The van der Waals surface area contributed by atoms with Gasteiger partial charge in [0.05, 0.1) is 6.04 Å². The average molecular weight is 310 g/mol. The van der Waals surface area contributed by atoms with Crippen LogP contribution in [-0.4, -0.2) is 48.6 Å². The molecule has 3 saturated heterocycles. The summed E-state index contributed by atoms with van der Waals surface area (Å²) in [6.45, 7) is 3.43. The zero-order valence-corrected chi connectivity index (χ0v) is 10.4. The molecule has 1 unspecified atom stereocenters. The lowest BCUT2D eigenvalue weighted by atomic mass is 9.83. The van der Waals surface area contributed by atoms with Gasteiger partial charge >= 0.3 is 6.09 Å². The number of likely N-dealkylation sites (N-methyl/N-ethyl adjacent to an activating group) is 1. The van der Waals surface area contributed by atoms with Crippen molar-refractivity contribution >= 4 is 29.1 Å². The van der Waals surface area contributed by atoms with Gasteiger partial charge in [-0.2, -0.15) is 0 Å². The lowest BCUT2D eigenvalue weighted by Gasteiger charge is -2.47. The summed E-state index contributed by atoms with van der Waals surface area (Å²) in [4.78, 5) is 15.5. The fourth-order valence-electron chi connectivity index (χ4n) is 2.56. The van der Waals surface area contributed by atoms with Crippen LogP contribution >= 0.6 is 23.0 Å². The zero-order valence-electron chi connectivity index (χ0n) is 8.28. The molecule has 3 aliphatic rings. The molecule has 0 aromatic heterocycles. The van der Waals surface area contributed by atoms with Gasteiger partial charge in [0.1, 0.15) is 0 Å². The van der Waals surface area contributed by atoms with Crippen LogP contribution in [0.15, 0.2) is 0 Å². The lowest BCUT2D eigenvalue weighted by Crippen LogP contribution is -2.57. The van der Waals surface area contributed by atoms with E-state index in [0.29, 0.717) is 12.0 Å². The molecule has 0 aromatic rings. The van der Waals surface area contributed by atoms with E-state index >= 15 is 0 Å². The van der Waals surface area contributed by atoms with Crippen molar-refractivity contribution in [3.63, 3.8) is 0 Å². The number of carbonyl (C=O) groups excluding carboxylic acids is 1. The highest BCUT2D eigenvalue weighted by Gasteiger charge is 2.38. The Morgan fingerprint density at radius 3 is 2.57 bits per heavy atom. The number of rotatable bonds is 1. The summed E-state index contributed by atoms with van der Waals surface area (Å²) in [5, 5.41) is 0. The highest BCUT2D eigenvalue weighted by molar-refractivity contribution is 14.1. The third-order valence-corrected chi connectivity index (χ3v) is 3.85. The van der Waals surface area contributed by atoms with Gasteiger partial charge in [0.2, 0.25) is 0 Å². The highest BCUT2D eigenvalue weighted by atomic mass is 127. The first kappa shape index (κ1) is 10.5. The average Bonchev–Trinajstić information content (AvgIpc) is 2.28. The maximum absolute atomic E-state index is 11.4. The third-order valence-electron chi connectivity index (χ3n) is 3.47. The Morgan fingerprint density at radius 1 is 1.50 bits per heavy atom. The minimum absolute atomic E-state index is 0.218. The van der Waals surface area contributed by atoms with Crippen LogP contribution in [0.4, 0.5) is 4.79 Å². The van der Waals surface area contributed by atoms with Gasteiger partial charge < -0.3 is 12.9 Å². The Hall–Kier alpha value is -0.0400. The Morgan fingerprint density at radius 2 is 2.14 bits per heavy atom. The van der Waals surface area contributed by atoms with E-state index in [1.807, 2.05) is 7.05 Å². The first-order chi connectivity index (χ1) is 6.72. The van der Waals surface area contributed by atoms with Crippen molar-refractivity contribution in [1.29, 1.82) is 0 Å². The maximum Gasteiger partial charge on any atom is 0.419 e. The Kier molecular flexibility index (Phi) is 3.16. The van der Waals surface area contributed by atoms with Crippen molar-refractivity contribution in [2.24, 2.45) is 5.92 Å². The molecule has 5 heteroatoms. The van der Waals surface area contributed by atoms with Crippen molar-refractivity contribution < 1.29 is 7.86 Å². The van der Waals surface area contributed by atoms with Gasteiger partial charge in [-0.1, -0.05) is 0 Å². The van der Waals surface area contributed by atoms with Crippen LogP contribution in [0.3, 0.4) is 0 Å². The molecule has 0 aliphatic carbocycles. The van der Waals surface area contributed by atoms with E-state index in [2.05, 4.69) is 4.90 Å². The molecular formula is C9H15IN2O2. The molecule has 80 valence electrons. The van der Waals surface area contributed by atoms with E-state index in [1.165, 1.54) is 25.9 Å². The van der Waals surface area contributed by atoms with Gasteiger partial charge in [-0.3, -0.25) is 0 Å². The number of fused-ring (bicyclic) bond motifs is 3. The molecule has 4 nitrogen and oxygen atoms in total. The van der Waals surface area contributed by atoms with Crippen LogP contribution in [0, 0.1) is 5.92 Å². The third kappa shape index (κ3) is 1.84. The first-order valence-electron chi connectivity index (χ1n) is 5.00. The van der Waals surface area contributed by atoms with Gasteiger partial charge in [-0.25, -0.2) is 4.79 Å². The van der Waals surface area contributed by atoms with Crippen LogP contribution < -0.4 is 0 Å². The van der Waals surface area contributed by atoms with Gasteiger partial charge in [0.15, 0.2) is 23.0 Å². The molecule has 14 heavy (non-hydrogen) atoms. The van der Waals surface area contributed by atoms with E-state index in [-0.39, 0.29) is 6.09 Å². The standard InChI is InChI=1S/C9H15IN2O2/c1-11(9(13)14-10)8-6-12-4-2-7(8)3-5-12/h7-8H,2-6H2,1H3. The molecule has 1 amide bonds. The van der Waals surface area contributed by atoms with Crippen molar-refractivity contribution in [2.45, 2.75) is 18.9 Å². The van der Waals surface area contributed by atoms with Crippen LogP contribution in [0.25, 0.3) is 0 Å². The predicted molar refractivity (Wildman–Crippen MR) is 61.2 cm³/mol. The summed E-state index contributed by atoms with van der Waals surface area (Å²) in [5.74, 6) is 0.681. The topological polar surface area (TPSA) is 32.8 Å². The molecule has 2 bridgehead atoms. The van der Waals surface area contributed by atoms with Crippen molar-refractivity contribution in [1.82, 2.24) is 9.80 Å². The van der Waals surface area contributed by atoms with E-state index in [0.717, 1.165) is 6.54 Å². The summed E-state index contributed by atoms with van der Waals surface area (Å²) < 4.78 is 4.71. The predicted octanol–water partition coefficient (Wildman–Crippen LogP) is 1.50. The largest absolute Gasteiger partial charge is 0.419 e. The number of piperidine rings is 3. The smallest absolute Gasteiger partial charge is 0.378 e. The number of carbonyl (C=O) groups is 1. The van der Waals surface area contributed by atoms with E-state index in [4.69, 9.17) is 3.07 Å². The second-order valence-electron chi connectivity index (χ2n) is 4.16. The molecule has 0 aromatic carbocycles. The van der Waals surface area contributed by atoms with Crippen LogP contribution in [0.5, 0.6) is 0 Å². The molecule has 3 rings (SSSR count). The second kappa shape index (κ2) is 4.22. The summed E-state index contributed by atoms with van der Waals surface area (Å²) in [6.07, 6.45) is 2.23. The van der Waals surface area contributed by atoms with E-state index in [1.54, 1.807) is 27.9 Å². The fraction of sp³-hybridized carbons (Fsp3) is 0.889. The number of halogens is 1. The van der Waals surface area contributed by atoms with Crippen LogP contribution in [-0.2, 0) is 3.07 Å². The first-order valence-corrected chi connectivity index (χ1v) is 5.88. The Balaban J connectivity index is 2.01. The van der Waals surface area contributed by atoms with E-state index < -0.39 is 0 Å². The minimum atomic E-state index is -0.218. The molecule has 0 radical (unpaired) electrons. The monoisotopic (exact) mass is 310 g/mol. The Bertz CT molecular complexity index is 229. The SMILES string of the molecule is CN(C(=O)OI)C1CN2CCC1CC2. The van der Waals surface area contributed by atoms with Crippen LogP contribution in [0.2, 0.25) is 0 Å². The Labute approximate surface area is 98.3 Å². The van der Waals surface area contributed by atoms with Gasteiger partial charge in [0, 0.05) is 13.6 Å². The summed E-state index contributed by atoms with van der Waals surface area (Å²) in [7, 11) is 1.84. The molecule has 0 N–H and O–H groups in total. The molecule has 3 fully saturated rings. The van der Waals surface area contributed by atoms with Gasteiger partial charge in [-0.05, 0) is 31.8 Å². The van der Waals surface area contributed by atoms with Crippen LogP contribution in [0.1, 0.15) is 12.8 Å². The number of hydrogen-bond acceptors (Lipinski definition) is 3. The molecular weight excluding hydrogens is 295 g/mol. The summed E-state index contributed by atoms with van der Waals surface area (Å²) in [5.41, 5.74) is 0. The van der Waals surface area contributed by atoms with Crippen molar-refractivity contribution in [2.75, 3.05) is 26.7 Å². The summed E-state index contributed by atoms with van der Waals surface area (Å²) in [6, 6.07) is 0.361. The molecule has 0 spiro atoms. The zero-order chi connectivity index (χ0) is 10.1. The number of nitrogens with zero attached hydrogens (tertiary/aromatic N) is 2. The van der Waals surface area contributed by atoms with Crippen molar-refractivity contribution in [3.05, 3.63) is 0 Å². The second-order valence-corrected chi connectivity index (χ2v) is 4.60. The quantitative estimate of drug-likeness (QED) is 0.688. The normalized spacial score (nSPS) is 35.4. The highest BCUT2D eigenvalue weighted by Crippen LogP contribution is 2.30. The van der Waals surface area contributed by atoms with Gasteiger partial charge in [0.25, 0.3) is 0 Å². The molecule has 3 aliphatic heterocycles. The fourth-order valence-corrected chi connectivity index (χ4v) is 2.87. The van der Waals surface area contributed by atoms with E-state index in [9.17, 15) is 4.79 Å².